The highest BCUT2D eigenvalue weighted by Gasteiger charge is 2.26. The van der Waals surface area contributed by atoms with Gasteiger partial charge < -0.3 is 21.1 Å². The minimum absolute atomic E-state index is 0.0755. The second-order valence-electron chi connectivity index (χ2n) is 13.1. The standard InChI is InChI=1S/C39H75N2O6P/c1-3-5-7-9-11-13-15-17-19-20-22-24-26-28-30-32-38(42)37(36-47-48(44,45)46-35-34-40)41-39(43)33-31-29-27-25-23-21-18-16-14-12-10-8-6-4-2/h10,12,16,18,30,32,37-38,42H,3-9,11,13-15,17,19-29,31,33-36,40H2,1-2H3,(H,41,43)(H,44,45)/b12-10-,18-16-,32-30+. The molecule has 0 radical (unpaired) electrons. The van der Waals surface area contributed by atoms with Gasteiger partial charge in [0.05, 0.1) is 25.4 Å². The van der Waals surface area contributed by atoms with E-state index in [-0.39, 0.29) is 25.7 Å². The van der Waals surface area contributed by atoms with Gasteiger partial charge in [0.15, 0.2) is 0 Å². The van der Waals surface area contributed by atoms with E-state index in [4.69, 9.17) is 14.8 Å². The molecule has 3 atom stereocenters. The van der Waals surface area contributed by atoms with Gasteiger partial charge in [-0.15, -0.1) is 0 Å². The molecule has 8 nitrogen and oxygen atoms in total. The number of aliphatic hydroxyl groups excluding tert-OH is 1. The number of phosphoric ester groups is 1. The van der Waals surface area contributed by atoms with Gasteiger partial charge in [0, 0.05) is 13.0 Å². The summed E-state index contributed by atoms with van der Waals surface area (Å²) in [5.41, 5.74) is 5.36. The number of hydrogen-bond donors (Lipinski definition) is 4. The lowest BCUT2D eigenvalue weighted by Crippen LogP contribution is -2.45. The van der Waals surface area contributed by atoms with Crippen LogP contribution in [0.4, 0.5) is 0 Å². The van der Waals surface area contributed by atoms with Gasteiger partial charge in [-0.1, -0.05) is 159 Å². The summed E-state index contributed by atoms with van der Waals surface area (Å²) in [6.07, 6.45) is 40.4. The number of unbranched alkanes of at least 4 members (excludes halogenated alkanes) is 20. The Morgan fingerprint density at radius 2 is 1.17 bits per heavy atom. The van der Waals surface area contributed by atoms with Crippen molar-refractivity contribution in [1.82, 2.24) is 5.32 Å². The Labute approximate surface area is 295 Å². The minimum atomic E-state index is -4.34. The van der Waals surface area contributed by atoms with Gasteiger partial charge in [0.1, 0.15) is 0 Å². The molecule has 5 N–H and O–H groups in total. The number of amides is 1. The first-order chi connectivity index (χ1) is 23.4. The molecule has 0 saturated carbocycles. The average Bonchev–Trinajstić information content (AvgIpc) is 3.07. The van der Waals surface area contributed by atoms with Gasteiger partial charge >= 0.3 is 7.82 Å². The van der Waals surface area contributed by atoms with Crippen molar-refractivity contribution in [3.63, 3.8) is 0 Å². The Bertz CT molecular complexity index is 850. The zero-order valence-electron chi connectivity index (χ0n) is 31.0. The first-order valence-corrected chi connectivity index (χ1v) is 21.1. The maximum Gasteiger partial charge on any atom is 0.472 e. The third-order valence-corrected chi connectivity index (χ3v) is 9.44. The number of allylic oxidation sites excluding steroid dienone is 5. The lowest BCUT2D eigenvalue weighted by atomic mass is 10.0. The van der Waals surface area contributed by atoms with Crippen LogP contribution >= 0.6 is 7.82 Å². The minimum Gasteiger partial charge on any atom is -0.387 e. The first-order valence-electron chi connectivity index (χ1n) is 19.6. The number of carbonyl (C=O) groups is 1. The van der Waals surface area contributed by atoms with Crippen molar-refractivity contribution in [3.05, 3.63) is 36.5 Å². The van der Waals surface area contributed by atoms with E-state index in [1.165, 1.54) is 89.9 Å². The third-order valence-electron chi connectivity index (χ3n) is 8.46. The molecule has 1 amide bonds. The van der Waals surface area contributed by atoms with Crippen LogP contribution in [0.2, 0.25) is 0 Å². The smallest absolute Gasteiger partial charge is 0.387 e. The van der Waals surface area contributed by atoms with Crippen molar-refractivity contribution in [2.45, 2.75) is 187 Å². The zero-order chi connectivity index (χ0) is 35.4. The van der Waals surface area contributed by atoms with E-state index in [0.29, 0.717) is 6.42 Å². The Hall–Kier alpha value is -1.28. The summed E-state index contributed by atoms with van der Waals surface area (Å²) >= 11 is 0. The van der Waals surface area contributed by atoms with Crippen LogP contribution in [0.1, 0.15) is 174 Å². The fraction of sp³-hybridized carbons (Fsp3) is 0.821. The number of aliphatic hydroxyl groups is 1. The maximum absolute atomic E-state index is 12.7. The number of rotatable bonds is 36. The number of carbonyl (C=O) groups excluding carboxylic acids is 1. The Morgan fingerprint density at radius 1 is 0.688 bits per heavy atom. The van der Waals surface area contributed by atoms with Crippen LogP contribution in [0.25, 0.3) is 0 Å². The van der Waals surface area contributed by atoms with Crippen LogP contribution in [0.15, 0.2) is 36.5 Å². The van der Waals surface area contributed by atoms with Gasteiger partial charge in [-0.3, -0.25) is 13.8 Å². The largest absolute Gasteiger partial charge is 0.472 e. The van der Waals surface area contributed by atoms with Crippen molar-refractivity contribution in [2.75, 3.05) is 19.8 Å². The molecule has 0 aliphatic rings. The molecule has 0 saturated heterocycles. The van der Waals surface area contributed by atoms with E-state index in [1.54, 1.807) is 6.08 Å². The lowest BCUT2D eigenvalue weighted by Gasteiger charge is -2.23. The van der Waals surface area contributed by atoms with E-state index >= 15 is 0 Å². The second-order valence-corrected chi connectivity index (χ2v) is 14.6. The first kappa shape index (κ1) is 46.7. The quantitative estimate of drug-likeness (QED) is 0.0291. The molecule has 0 aromatic heterocycles. The van der Waals surface area contributed by atoms with Gasteiger partial charge in [-0.05, 0) is 44.9 Å². The molecule has 9 heteroatoms. The van der Waals surface area contributed by atoms with Gasteiger partial charge in [0.2, 0.25) is 5.91 Å². The number of nitrogens with one attached hydrogen (secondary N) is 1. The molecule has 0 spiro atoms. The van der Waals surface area contributed by atoms with Crippen molar-refractivity contribution in [3.8, 4) is 0 Å². The summed E-state index contributed by atoms with van der Waals surface area (Å²) in [7, 11) is -4.34. The molecule has 0 heterocycles. The summed E-state index contributed by atoms with van der Waals surface area (Å²) < 4.78 is 22.0. The monoisotopic (exact) mass is 699 g/mol. The molecular weight excluding hydrogens is 623 g/mol. The van der Waals surface area contributed by atoms with Gasteiger partial charge in [-0.25, -0.2) is 4.57 Å². The van der Waals surface area contributed by atoms with E-state index in [2.05, 4.69) is 43.5 Å². The maximum atomic E-state index is 12.7. The Kier molecular flexibility index (Phi) is 34.6. The van der Waals surface area contributed by atoms with E-state index in [0.717, 1.165) is 64.2 Å². The van der Waals surface area contributed by atoms with E-state index in [9.17, 15) is 19.4 Å². The molecule has 48 heavy (non-hydrogen) atoms. The van der Waals surface area contributed by atoms with Crippen LogP contribution in [-0.4, -0.2) is 47.8 Å². The molecule has 0 aromatic carbocycles. The van der Waals surface area contributed by atoms with Crippen molar-refractivity contribution >= 4 is 13.7 Å². The van der Waals surface area contributed by atoms with Crippen LogP contribution in [0.5, 0.6) is 0 Å². The highest BCUT2D eigenvalue weighted by Crippen LogP contribution is 2.43. The molecule has 3 unspecified atom stereocenters. The van der Waals surface area contributed by atoms with Crippen molar-refractivity contribution in [2.24, 2.45) is 5.73 Å². The molecule has 282 valence electrons. The predicted molar refractivity (Wildman–Crippen MR) is 203 cm³/mol. The molecular formula is C39H75N2O6P. The van der Waals surface area contributed by atoms with E-state index in [1.807, 2.05) is 6.08 Å². The van der Waals surface area contributed by atoms with Gasteiger partial charge in [-0.2, -0.15) is 0 Å². The fourth-order valence-electron chi connectivity index (χ4n) is 5.44. The average molecular weight is 699 g/mol. The van der Waals surface area contributed by atoms with Crippen LogP contribution in [0.3, 0.4) is 0 Å². The topological polar surface area (TPSA) is 131 Å². The summed E-state index contributed by atoms with van der Waals surface area (Å²) in [5.74, 6) is -0.210. The molecule has 0 rings (SSSR count). The normalized spacial score (nSPS) is 14.7. The highest BCUT2D eigenvalue weighted by atomic mass is 31.2. The molecule has 0 aliphatic heterocycles. The molecule has 0 aromatic rings. The third kappa shape index (κ3) is 33.2. The highest BCUT2D eigenvalue weighted by molar-refractivity contribution is 7.47. The Morgan fingerprint density at radius 3 is 1.71 bits per heavy atom. The fourth-order valence-corrected chi connectivity index (χ4v) is 6.20. The SMILES string of the molecule is CCCC/C=C\C/C=C\CCCCCCCC(=O)NC(COP(=O)(O)OCCN)C(O)/C=C/CCCCCCCCCCCCCCC. The van der Waals surface area contributed by atoms with Crippen LogP contribution in [0, 0.1) is 0 Å². The van der Waals surface area contributed by atoms with Crippen LogP contribution < -0.4 is 11.1 Å². The van der Waals surface area contributed by atoms with Crippen LogP contribution in [-0.2, 0) is 18.4 Å². The number of hydrogen-bond acceptors (Lipinski definition) is 6. The molecule has 0 fully saturated rings. The predicted octanol–water partition coefficient (Wildman–Crippen LogP) is 10.4. The van der Waals surface area contributed by atoms with E-state index < -0.39 is 20.0 Å². The summed E-state index contributed by atoms with van der Waals surface area (Å²) in [6.45, 7) is 4.07. The van der Waals surface area contributed by atoms with Crippen molar-refractivity contribution in [1.29, 1.82) is 0 Å². The molecule has 0 bridgehead atoms. The van der Waals surface area contributed by atoms with Gasteiger partial charge in [0.25, 0.3) is 0 Å². The Balaban J connectivity index is 4.33. The zero-order valence-corrected chi connectivity index (χ0v) is 31.9. The van der Waals surface area contributed by atoms with Crippen molar-refractivity contribution < 1.29 is 28.4 Å². The summed E-state index contributed by atoms with van der Waals surface area (Å²) in [6, 6.07) is -0.865. The number of nitrogens with two attached hydrogens (primary N) is 1. The number of phosphoric acid groups is 1. The second kappa shape index (κ2) is 35.5. The lowest BCUT2D eigenvalue weighted by molar-refractivity contribution is -0.123. The summed E-state index contributed by atoms with van der Waals surface area (Å²) in [5, 5.41) is 13.6. The molecule has 0 aliphatic carbocycles. The summed E-state index contributed by atoms with van der Waals surface area (Å²) in [4.78, 5) is 22.6.